The van der Waals surface area contributed by atoms with Crippen molar-refractivity contribution in [3.05, 3.63) is 35.4 Å². The van der Waals surface area contributed by atoms with E-state index < -0.39 is 0 Å². The average molecular weight is 267 g/mol. The van der Waals surface area contributed by atoms with E-state index in [1.165, 1.54) is 25.7 Å². The summed E-state index contributed by atoms with van der Waals surface area (Å²) >= 11 is 1.88. The summed E-state index contributed by atoms with van der Waals surface area (Å²) in [6, 6.07) is 7.56. The van der Waals surface area contributed by atoms with Crippen LogP contribution in [0.1, 0.15) is 28.8 Å². The van der Waals surface area contributed by atoms with Crippen LogP contribution < -0.4 is 5.32 Å². The number of carbonyl (C=O) groups excluding carboxylic acids is 1. The minimum Gasteiger partial charge on any atom is -0.465 e. The monoisotopic (exact) mass is 267 g/mol. The normalized spacial score (nSPS) is 10.3. The molecule has 0 amide bonds. The van der Waals surface area contributed by atoms with Gasteiger partial charge in [0.15, 0.2) is 0 Å². The van der Waals surface area contributed by atoms with Crippen LogP contribution in [-0.4, -0.2) is 31.6 Å². The summed E-state index contributed by atoms with van der Waals surface area (Å²) in [6.45, 7) is 1.70. The maximum Gasteiger partial charge on any atom is 0.338 e. The third-order valence-corrected chi connectivity index (χ3v) is 3.39. The van der Waals surface area contributed by atoms with Crippen molar-refractivity contribution in [3.63, 3.8) is 0 Å². The highest BCUT2D eigenvalue weighted by Crippen LogP contribution is 2.09. The fourth-order valence-corrected chi connectivity index (χ4v) is 2.20. The second-order valence-corrected chi connectivity index (χ2v) is 5.01. The van der Waals surface area contributed by atoms with Crippen LogP contribution in [0.4, 0.5) is 0 Å². The van der Waals surface area contributed by atoms with Gasteiger partial charge in [-0.3, -0.25) is 0 Å². The predicted octanol–water partition coefficient (Wildman–Crippen LogP) is 2.71. The number of esters is 1. The quantitative estimate of drug-likeness (QED) is 0.580. The van der Waals surface area contributed by atoms with Crippen molar-refractivity contribution in [1.29, 1.82) is 0 Å². The van der Waals surface area contributed by atoms with Gasteiger partial charge in [0, 0.05) is 6.54 Å². The van der Waals surface area contributed by atoms with Crippen molar-refractivity contribution in [2.45, 2.75) is 19.4 Å². The van der Waals surface area contributed by atoms with Crippen LogP contribution in [0.15, 0.2) is 24.3 Å². The van der Waals surface area contributed by atoms with Crippen LogP contribution in [0.25, 0.3) is 0 Å². The van der Waals surface area contributed by atoms with E-state index in [0.29, 0.717) is 12.1 Å². The van der Waals surface area contributed by atoms with Crippen molar-refractivity contribution >= 4 is 17.7 Å². The van der Waals surface area contributed by atoms with Crippen LogP contribution in [-0.2, 0) is 11.3 Å². The Morgan fingerprint density at radius 3 is 2.83 bits per heavy atom. The van der Waals surface area contributed by atoms with E-state index in [2.05, 4.69) is 11.6 Å². The molecule has 1 aromatic carbocycles. The Morgan fingerprint density at radius 2 is 2.11 bits per heavy atom. The number of ether oxygens (including phenoxy) is 1. The van der Waals surface area contributed by atoms with Crippen LogP contribution in [0, 0.1) is 0 Å². The van der Waals surface area contributed by atoms with Crippen molar-refractivity contribution in [2.24, 2.45) is 0 Å². The number of unbranched alkanes of at least 4 members (excludes halogenated alkanes) is 1. The standard InChI is InChI=1S/C14H21NO2S/c1-17-14(16)13-8-4-3-7-12(13)11-15-9-5-6-10-18-2/h3-4,7-8,15H,5-6,9-11H2,1-2H3. The first kappa shape index (κ1) is 15.1. The number of hydrogen-bond acceptors (Lipinski definition) is 4. The van der Waals surface area contributed by atoms with Gasteiger partial charge in [0.1, 0.15) is 0 Å². The number of rotatable bonds is 8. The van der Waals surface area contributed by atoms with E-state index in [9.17, 15) is 4.79 Å². The first-order valence-corrected chi connectivity index (χ1v) is 7.55. The largest absolute Gasteiger partial charge is 0.465 e. The van der Waals surface area contributed by atoms with Crippen LogP contribution in [0.2, 0.25) is 0 Å². The number of hydrogen-bond donors (Lipinski definition) is 1. The minimum atomic E-state index is -0.269. The predicted molar refractivity (Wildman–Crippen MR) is 77.1 cm³/mol. The highest BCUT2D eigenvalue weighted by molar-refractivity contribution is 7.98. The van der Waals surface area contributed by atoms with Gasteiger partial charge in [-0.05, 0) is 43.0 Å². The zero-order valence-corrected chi connectivity index (χ0v) is 11.9. The SMILES string of the molecule is COC(=O)c1ccccc1CNCCCCSC. The minimum absolute atomic E-state index is 0.269. The Hall–Kier alpha value is -1.00. The molecule has 0 atom stereocenters. The Kier molecular flexibility index (Phi) is 7.53. The summed E-state index contributed by atoms with van der Waals surface area (Å²) in [5.41, 5.74) is 1.64. The summed E-state index contributed by atoms with van der Waals surface area (Å²) in [4.78, 5) is 11.6. The van der Waals surface area contributed by atoms with Gasteiger partial charge in [0.05, 0.1) is 12.7 Å². The van der Waals surface area contributed by atoms with Crippen molar-refractivity contribution in [1.82, 2.24) is 5.32 Å². The number of thioether (sulfide) groups is 1. The molecule has 3 nitrogen and oxygen atoms in total. The van der Waals surface area contributed by atoms with Gasteiger partial charge in [-0.25, -0.2) is 4.79 Å². The summed E-state index contributed by atoms with van der Waals surface area (Å²) in [7, 11) is 1.41. The van der Waals surface area contributed by atoms with Crippen LogP contribution in [0.3, 0.4) is 0 Å². The third kappa shape index (κ3) is 5.10. The van der Waals surface area contributed by atoms with Crippen LogP contribution >= 0.6 is 11.8 Å². The van der Waals surface area contributed by atoms with Gasteiger partial charge >= 0.3 is 5.97 Å². The molecule has 18 heavy (non-hydrogen) atoms. The highest BCUT2D eigenvalue weighted by atomic mass is 32.2. The van der Waals surface area contributed by atoms with Gasteiger partial charge in [0.2, 0.25) is 0 Å². The molecule has 4 heteroatoms. The van der Waals surface area contributed by atoms with Crippen molar-refractivity contribution < 1.29 is 9.53 Å². The van der Waals surface area contributed by atoms with Crippen molar-refractivity contribution in [3.8, 4) is 0 Å². The summed E-state index contributed by atoms with van der Waals surface area (Å²) < 4.78 is 4.77. The molecule has 0 saturated carbocycles. The second kappa shape index (κ2) is 9.00. The Bertz CT molecular complexity index is 369. The number of carbonyl (C=O) groups is 1. The molecule has 0 aliphatic carbocycles. The Balaban J connectivity index is 2.39. The average Bonchev–Trinajstić information content (AvgIpc) is 2.42. The van der Waals surface area contributed by atoms with Gasteiger partial charge in [-0.1, -0.05) is 18.2 Å². The molecule has 1 N–H and O–H groups in total. The summed E-state index contributed by atoms with van der Waals surface area (Å²) in [6.07, 6.45) is 4.52. The fourth-order valence-electron chi connectivity index (χ4n) is 1.70. The van der Waals surface area contributed by atoms with Gasteiger partial charge in [-0.2, -0.15) is 11.8 Å². The first-order valence-electron chi connectivity index (χ1n) is 6.15. The lowest BCUT2D eigenvalue weighted by atomic mass is 10.1. The van der Waals surface area contributed by atoms with E-state index in [0.717, 1.165) is 12.1 Å². The number of benzene rings is 1. The van der Waals surface area contributed by atoms with E-state index >= 15 is 0 Å². The smallest absolute Gasteiger partial charge is 0.338 e. The molecule has 0 fully saturated rings. The molecule has 0 radical (unpaired) electrons. The fraction of sp³-hybridized carbons (Fsp3) is 0.500. The van der Waals surface area contributed by atoms with Gasteiger partial charge < -0.3 is 10.1 Å². The van der Waals surface area contributed by atoms with Gasteiger partial charge in [0.25, 0.3) is 0 Å². The zero-order chi connectivity index (χ0) is 13.2. The number of nitrogens with one attached hydrogen (secondary N) is 1. The lowest BCUT2D eigenvalue weighted by Crippen LogP contribution is -2.17. The Morgan fingerprint density at radius 1 is 1.33 bits per heavy atom. The molecule has 1 rings (SSSR count). The van der Waals surface area contributed by atoms with Gasteiger partial charge in [-0.15, -0.1) is 0 Å². The Labute approximate surface area is 113 Å². The summed E-state index contributed by atoms with van der Waals surface area (Å²) in [5, 5.41) is 3.36. The van der Waals surface area contributed by atoms with Crippen molar-refractivity contribution in [2.75, 3.05) is 25.7 Å². The lowest BCUT2D eigenvalue weighted by Gasteiger charge is -2.09. The molecular formula is C14H21NO2S. The molecule has 1 aromatic rings. The maximum atomic E-state index is 11.6. The first-order chi connectivity index (χ1) is 8.79. The zero-order valence-electron chi connectivity index (χ0n) is 11.1. The highest BCUT2D eigenvalue weighted by Gasteiger charge is 2.09. The third-order valence-electron chi connectivity index (χ3n) is 2.69. The molecule has 0 bridgehead atoms. The van der Waals surface area contributed by atoms with Crippen LogP contribution in [0.5, 0.6) is 0 Å². The molecule has 0 saturated heterocycles. The van der Waals surface area contributed by atoms with E-state index in [1.54, 1.807) is 6.07 Å². The molecule has 0 heterocycles. The summed E-state index contributed by atoms with van der Waals surface area (Å²) in [5.74, 6) is 0.940. The maximum absolute atomic E-state index is 11.6. The van der Waals surface area contributed by atoms with E-state index in [4.69, 9.17) is 4.74 Å². The molecular weight excluding hydrogens is 246 g/mol. The number of methoxy groups -OCH3 is 1. The topological polar surface area (TPSA) is 38.3 Å². The molecule has 100 valence electrons. The molecule has 0 spiro atoms. The molecule has 0 aliphatic heterocycles. The van der Waals surface area contributed by atoms with E-state index in [-0.39, 0.29) is 5.97 Å². The second-order valence-electron chi connectivity index (χ2n) is 4.03. The molecule has 0 unspecified atom stereocenters. The molecule has 0 aromatic heterocycles. The van der Waals surface area contributed by atoms with E-state index in [1.807, 2.05) is 30.0 Å². The lowest BCUT2D eigenvalue weighted by molar-refractivity contribution is 0.0599. The molecule has 0 aliphatic rings.